The van der Waals surface area contributed by atoms with Gasteiger partial charge in [0.25, 0.3) is 5.91 Å². The Morgan fingerprint density at radius 3 is 2.42 bits per heavy atom. The van der Waals surface area contributed by atoms with E-state index in [-0.39, 0.29) is 18.2 Å². The van der Waals surface area contributed by atoms with Crippen LogP contribution in [0.4, 0.5) is 5.69 Å². The highest BCUT2D eigenvalue weighted by atomic mass is 32.2. The van der Waals surface area contributed by atoms with E-state index in [1.165, 1.54) is 4.90 Å². The van der Waals surface area contributed by atoms with E-state index in [9.17, 15) is 9.59 Å². The molecule has 1 atom stereocenters. The highest BCUT2D eigenvalue weighted by molar-refractivity contribution is 7.98. The number of rotatable bonds is 7. The summed E-state index contributed by atoms with van der Waals surface area (Å²) < 4.78 is 5.14. The molecule has 0 radical (unpaired) electrons. The van der Waals surface area contributed by atoms with Crippen LogP contribution in [-0.4, -0.2) is 42.7 Å². The number of likely N-dealkylation sites (tertiary alicyclic amines) is 1. The Labute approximate surface area is 157 Å². The summed E-state index contributed by atoms with van der Waals surface area (Å²) in [6, 6.07) is 15.0. The molecule has 1 aliphatic heterocycles. The molecule has 0 spiro atoms. The highest BCUT2D eigenvalue weighted by Gasteiger charge is 2.38. The van der Waals surface area contributed by atoms with Crippen LogP contribution in [0, 0.1) is 0 Å². The zero-order chi connectivity index (χ0) is 18.5. The van der Waals surface area contributed by atoms with Crippen molar-refractivity contribution in [2.24, 2.45) is 0 Å². The van der Waals surface area contributed by atoms with Crippen molar-refractivity contribution >= 4 is 29.3 Å². The first-order valence-corrected chi connectivity index (χ1v) is 9.71. The van der Waals surface area contributed by atoms with Crippen LogP contribution in [0.5, 0.6) is 5.75 Å². The van der Waals surface area contributed by atoms with Gasteiger partial charge in [0, 0.05) is 17.1 Å². The molecule has 1 N–H and O–H groups in total. The normalized spacial score (nSPS) is 16.8. The number of benzene rings is 2. The molecule has 1 heterocycles. The quantitative estimate of drug-likeness (QED) is 0.599. The third kappa shape index (κ3) is 4.19. The molecule has 0 saturated carbocycles. The topological polar surface area (TPSA) is 58.6 Å². The molecular weight excluding hydrogens is 348 g/mol. The van der Waals surface area contributed by atoms with Gasteiger partial charge in [-0.05, 0) is 54.6 Å². The van der Waals surface area contributed by atoms with Gasteiger partial charge in [0.1, 0.15) is 11.8 Å². The first-order valence-electron chi connectivity index (χ1n) is 8.48. The zero-order valence-corrected chi connectivity index (χ0v) is 15.7. The molecule has 1 aliphatic rings. The van der Waals surface area contributed by atoms with E-state index in [0.29, 0.717) is 13.0 Å². The maximum atomic E-state index is 12.6. The minimum atomic E-state index is -0.488. The van der Waals surface area contributed by atoms with Crippen molar-refractivity contribution in [3.63, 3.8) is 0 Å². The summed E-state index contributed by atoms with van der Waals surface area (Å²) in [5.41, 5.74) is 1.92. The molecule has 0 bridgehead atoms. The van der Waals surface area contributed by atoms with E-state index in [1.54, 1.807) is 18.9 Å². The number of hydrogen-bond acceptors (Lipinski definition) is 5. The Morgan fingerprint density at radius 1 is 1.12 bits per heavy atom. The number of thioether (sulfide) groups is 1. The lowest BCUT2D eigenvalue weighted by molar-refractivity contribution is -0.138. The fraction of sp³-hybridized carbons (Fsp3) is 0.300. The minimum Gasteiger partial charge on any atom is -0.497 e. The molecular formula is C20H22N2O3S. The molecule has 0 aromatic heterocycles. The first kappa shape index (κ1) is 18.3. The first-order chi connectivity index (χ1) is 12.6. The summed E-state index contributed by atoms with van der Waals surface area (Å²) in [5, 5.41) is 3.18. The standard InChI is InChI=1S/C20H22N2O3S/c1-25-16-7-3-14(4-8-16)11-12-22-19(23)13-18(20(22)24)21-15-5-9-17(26-2)10-6-15/h3-10,18,21H,11-13H2,1-2H3. The van der Waals surface area contributed by atoms with Crippen LogP contribution in [0.2, 0.25) is 0 Å². The second kappa shape index (κ2) is 8.27. The fourth-order valence-electron chi connectivity index (χ4n) is 2.95. The summed E-state index contributed by atoms with van der Waals surface area (Å²) >= 11 is 1.66. The van der Waals surface area contributed by atoms with E-state index < -0.39 is 6.04 Å². The predicted molar refractivity (Wildman–Crippen MR) is 104 cm³/mol. The Hall–Kier alpha value is -2.47. The van der Waals surface area contributed by atoms with Gasteiger partial charge in [0.05, 0.1) is 13.5 Å². The molecule has 5 nitrogen and oxygen atoms in total. The van der Waals surface area contributed by atoms with Gasteiger partial charge >= 0.3 is 0 Å². The Balaban J connectivity index is 1.58. The van der Waals surface area contributed by atoms with Crippen molar-refractivity contribution in [1.82, 2.24) is 4.90 Å². The van der Waals surface area contributed by atoms with E-state index in [4.69, 9.17) is 4.74 Å². The molecule has 3 rings (SSSR count). The van der Waals surface area contributed by atoms with Gasteiger partial charge in [-0.15, -0.1) is 11.8 Å². The number of anilines is 1. The van der Waals surface area contributed by atoms with Crippen LogP contribution in [-0.2, 0) is 16.0 Å². The predicted octanol–water partition coefficient (Wildman–Crippen LogP) is 3.20. The summed E-state index contributed by atoms with van der Waals surface area (Å²) in [7, 11) is 1.62. The lowest BCUT2D eigenvalue weighted by Gasteiger charge is -2.16. The largest absolute Gasteiger partial charge is 0.497 e. The number of nitrogens with one attached hydrogen (secondary N) is 1. The molecule has 2 aromatic rings. The summed E-state index contributed by atoms with van der Waals surface area (Å²) in [6.45, 7) is 0.396. The molecule has 0 aliphatic carbocycles. The summed E-state index contributed by atoms with van der Waals surface area (Å²) in [5.74, 6) is 0.512. The third-order valence-electron chi connectivity index (χ3n) is 4.46. The van der Waals surface area contributed by atoms with Gasteiger partial charge < -0.3 is 10.1 Å². The Morgan fingerprint density at radius 2 is 1.81 bits per heavy atom. The van der Waals surface area contributed by atoms with Crippen LogP contribution in [0.15, 0.2) is 53.4 Å². The van der Waals surface area contributed by atoms with Crippen LogP contribution >= 0.6 is 11.8 Å². The zero-order valence-electron chi connectivity index (χ0n) is 14.9. The second-order valence-electron chi connectivity index (χ2n) is 6.11. The molecule has 136 valence electrons. The maximum Gasteiger partial charge on any atom is 0.252 e. The molecule has 26 heavy (non-hydrogen) atoms. The number of nitrogens with zero attached hydrogens (tertiary/aromatic N) is 1. The number of methoxy groups -OCH3 is 1. The smallest absolute Gasteiger partial charge is 0.252 e. The minimum absolute atomic E-state index is 0.123. The SMILES string of the molecule is COc1ccc(CCN2C(=O)CC(Nc3ccc(SC)cc3)C2=O)cc1. The van der Waals surface area contributed by atoms with Crippen molar-refractivity contribution in [2.45, 2.75) is 23.8 Å². The van der Waals surface area contributed by atoms with Crippen molar-refractivity contribution in [1.29, 1.82) is 0 Å². The molecule has 1 saturated heterocycles. The van der Waals surface area contributed by atoms with Crippen molar-refractivity contribution in [3.8, 4) is 5.75 Å². The number of ether oxygens (including phenoxy) is 1. The summed E-state index contributed by atoms with van der Waals surface area (Å²) in [6.07, 6.45) is 2.85. The number of amides is 2. The number of hydrogen-bond donors (Lipinski definition) is 1. The molecule has 1 unspecified atom stereocenters. The lowest BCUT2D eigenvalue weighted by Crippen LogP contribution is -2.36. The number of carbonyl (C=O) groups is 2. The number of carbonyl (C=O) groups excluding carboxylic acids is 2. The van der Waals surface area contributed by atoms with E-state index in [1.807, 2.05) is 54.8 Å². The average Bonchev–Trinajstić information content (AvgIpc) is 2.94. The molecule has 2 amide bonds. The average molecular weight is 370 g/mol. The van der Waals surface area contributed by atoms with E-state index in [2.05, 4.69) is 5.32 Å². The van der Waals surface area contributed by atoms with E-state index in [0.717, 1.165) is 21.9 Å². The molecule has 6 heteroatoms. The van der Waals surface area contributed by atoms with Crippen LogP contribution in [0.25, 0.3) is 0 Å². The maximum absolute atomic E-state index is 12.6. The van der Waals surface area contributed by atoms with Gasteiger partial charge in [0.2, 0.25) is 5.91 Å². The van der Waals surface area contributed by atoms with E-state index >= 15 is 0 Å². The Bertz CT molecular complexity index is 775. The summed E-state index contributed by atoms with van der Waals surface area (Å²) in [4.78, 5) is 27.3. The third-order valence-corrected chi connectivity index (χ3v) is 5.20. The van der Waals surface area contributed by atoms with Crippen LogP contribution in [0.3, 0.4) is 0 Å². The highest BCUT2D eigenvalue weighted by Crippen LogP contribution is 2.22. The Kier molecular flexibility index (Phi) is 5.83. The van der Waals surface area contributed by atoms with Crippen molar-refractivity contribution in [3.05, 3.63) is 54.1 Å². The van der Waals surface area contributed by atoms with Gasteiger partial charge in [-0.25, -0.2) is 0 Å². The number of imide groups is 1. The molecule has 2 aromatic carbocycles. The second-order valence-corrected chi connectivity index (χ2v) is 6.99. The monoisotopic (exact) mass is 370 g/mol. The van der Waals surface area contributed by atoms with Crippen LogP contribution < -0.4 is 10.1 Å². The van der Waals surface area contributed by atoms with Crippen LogP contribution in [0.1, 0.15) is 12.0 Å². The van der Waals surface area contributed by atoms with Gasteiger partial charge in [0.15, 0.2) is 0 Å². The molecule has 1 fully saturated rings. The van der Waals surface area contributed by atoms with Gasteiger partial charge in [-0.2, -0.15) is 0 Å². The van der Waals surface area contributed by atoms with Gasteiger partial charge in [-0.1, -0.05) is 12.1 Å². The fourth-order valence-corrected chi connectivity index (χ4v) is 3.36. The van der Waals surface area contributed by atoms with Gasteiger partial charge in [-0.3, -0.25) is 14.5 Å². The lowest BCUT2D eigenvalue weighted by atomic mass is 10.1. The van der Waals surface area contributed by atoms with Crippen molar-refractivity contribution in [2.75, 3.05) is 25.2 Å². The van der Waals surface area contributed by atoms with Crippen molar-refractivity contribution < 1.29 is 14.3 Å².